The molecule has 3 aromatic rings. The van der Waals surface area contributed by atoms with E-state index in [4.69, 9.17) is 11.5 Å². The Morgan fingerprint density at radius 1 is 1.16 bits per heavy atom. The molecule has 0 saturated carbocycles. The van der Waals surface area contributed by atoms with Gasteiger partial charge in [0.25, 0.3) is 5.56 Å². The van der Waals surface area contributed by atoms with Crippen LogP contribution in [0.15, 0.2) is 23.0 Å². The van der Waals surface area contributed by atoms with Crippen LogP contribution >= 0.6 is 0 Å². The summed E-state index contributed by atoms with van der Waals surface area (Å²) in [6.45, 7) is 1.92. The van der Waals surface area contributed by atoms with Gasteiger partial charge in [-0.25, -0.2) is 4.98 Å². The molecule has 0 bridgehead atoms. The highest BCUT2D eigenvalue weighted by atomic mass is 16.1. The largest absolute Gasteiger partial charge is 0.398 e. The molecule has 0 spiro atoms. The van der Waals surface area contributed by atoms with Crippen LogP contribution in [0.4, 0.5) is 11.6 Å². The van der Waals surface area contributed by atoms with Gasteiger partial charge in [0, 0.05) is 11.3 Å². The van der Waals surface area contributed by atoms with Crippen molar-refractivity contribution in [2.24, 2.45) is 0 Å². The van der Waals surface area contributed by atoms with Gasteiger partial charge in [-0.05, 0) is 18.6 Å². The molecule has 3 rings (SSSR count). The Balaban J connectivity index is 2.33. The summed E-state index contributed by atoms with van der Waals surface area (Å²) < 4.78 is 0. The van der Waals surface area contributed by atoms with Gasteiger partial charge in [-0.3, -0.25) is 9.78 Å². The zero-order chi connectivity index (χ0) is 13.6. The maximum atomic E-state index is 11.7. The fourth-order valence-corrected chi connectivity index (χ4v) is 2.06. The number of nitrogens with one attached hydrogen (secondary N) is 2. The lowest BCUT2D eigenvalue weighted by Gasteiger charge is -2.05. The summed E-state index contributed by atoms with van der Waals surface area (Å²) in [5, 5.41) is 0. The monoisotopic (exact) mass is 256 g/mol. The SMILES string of the molecule is Cc1cccc(N)c1-c1nc2nc(N)[nH]c(=O)c2[nH]1. The van der Waals surface area contributed by atoms with E-state index in [0.717, 1.165) is 11.1 Å². The molecule has 0 unspecified atom stereocenters. The van der Waals surface area contributed by atoms with Crippen LogP contribution in [0.2, 0.25) is 0 Å². The molecule has 6 N–H and O–H groups in total. The zero-order valence-electron chi connectivity index (χ0n) is 10.2. The van der Waals surface area contributed by atoms with Gasteiger partial charge in [-0.15, -0.1) is 0 Å². The highest BCUT2D eigenvalue weighted by molar-refractivity contribution is 5.81. The van der Waals surface area contributed by atoms with Crippen molar-refractivity contribution < 1.29 is 0 Å². The summed E-state index contributed by atoms with van der Waals surface area (Å²) in [6.07, 6.45) is 0. The van der Waals surface area contributed by atoms with E-state index in [1.165, 1.54) is 0 Å². The smallest absolute Gasteiger partial charge is 0.278 e. The maximum Gasteiger partial charge on any atom is 0.278 e. The third-order valence-electron chi connectivity index (χ3n) is 2.92. The number of H-pyrrole nitrogens is 2. The summed E-state index contributed by atoms with van der Waals surface area (Å²) in [6, 6.07) is 5.56. The number of rotatable bonds is 1. The summed E-state index contributed by atoms with van der Waals surface area (Å²) >= 11 is 0. The number of fused-ring (bicyclic) bond motifs is 1. The third-order valence-corrected chi connectivity index (χ3v) is 2.92. The molecule has 2 aromatic heterocycles. The zero-order valence-corrected chi connectivity index (χ0v) is 10.2. The Morgan fingerprint density at radius 3 is 2.68 bits per heavy atom. The fraction of sp³-hybridized carbons (Fsp3) is 0.0833. The highest BCUT2D eigenvalue weighted by Gasteiger charge is 2.13. The van der Waals surface area contributed by atoms with Crippen molar-refractivity contribution >= 4 is 22.8 Å². The second-order valence-corrected chi connectivity index (χ2v) is 4.27. The second-order valence-electron chi connectivity index (χ2n) is 4.27. The molecular weight excluding hydrogens is 244 g/mol. The van der Waals surface area contributed by atoms with E-state index in [-0.39, 0.29) is 22.7 Å². The van der Waals surface area contributed by atoms with Crippen molar-refractivity contribution in [2.75, 3.05) is 11.5 Å². The number of imidazole rings is 1. The van der Waals surface area contributed by atoms with Crippen molar-refractivity contribution in [3.8, 4) is 11.4 Å². The van der Waals surface area contributed by atoms with Crippen molar-refractivity contribution in [1.82, 2.24) is 19.9 Å². The molecular formula is C12H12N6O. The van der Waals surface area contributed by atoms with Crippen LogP contribution in [0, 0.1) is 6.92 Å². The van der Waals surface area contributed by atoms with Crippen LogP contribution in [0.3, 0.4) is 0 Å². The molecule has 96 valence electrons. The van der Waals surface area contributed by atoms with Crippen LogP contribution in [0.5, 0.6) is 0 Å². The Labute approximate surface area is 107 Å². The molecule has 0 aliphatic rings. The Hall–Kier alpha value is -2.83. The van der Waals surface area contributed by atoms with Crippen molar-refractivity contribution in [1.29, 1.82) is 0 Å². The summed E-state index contributed by atoms with van der Waals surface area (Å²) in [4.78, 5) is 25.3. The van der Waals surface area contributed by atoms with Crippen molar-refractivity contribution in [2.45, 2.75) is 6.92 Å². The lowest BCUT2D eigenvalue weighted by Crippen LogP contribution is -2.10. The molecule has 1 aromatic carbocycles. The average Bonchev–Trinajstić information content (AvgIpc) is 2.72. The molecule has 0 radical (unpaired) electrons. The molecule has 2 heterocycles. The second kappa shape index (κ2) is 3.84. The van der Waals surface area contributed by atoms with E-state index in [0.29, 0.717) is 11.5 Å². The van der Waals surface area contributed by atoms with E-state index in [1.807, 2.05) is 19.1 Å². The first kappa shape index (κ1) is 11.3. The molecule has 19 heavy (non-hydrogen) atoms. The first-order valence-electron chi connectivity index (χ1n) is 5.67. The number of hydrogen-bond donors (Lipinski definition) is 4. The number of aromatic amines is 2. The van der Waals surface area contributed by atoms with E-state index in [1.54, 1.807) is 6.07 Å². The fourth-order valence-electron chi connectivity index (χ4n) is 2.06. The number of nitrogens with zero attached hydrogens (tertiary/aromatic N) is 2. The number of anilines is 2. The van der Waals surface area contributed by atoms with Gasteiger partial charge in [0.15, 0.2) is 11.2 Å². The Bertz CT molecular complexity index is 812. The van der Waals surface area contributed by atoms with Gasteiger partial charge >= 0.3 is 0 Å². The maximum absolute atomic E-state index is 11.7. The average molecular weight is 256 g/mol. The normalized spacial score (nSPS) is 11.0. The van der Waals surface area contributed by atoms with Gasteiger partial charge in [0.1, 0.15) is 5.82 Å². The van der Waals surface area contributed by atoms with Crippen molar-refractivity contribution in [3.05, 3.63) is 34.1 Å². The standard InChI is InChI=1S/C12H12N6O/c1-5-3-2-4-6(13)7(5)9-15-8-10(16-9)17-12(14)18-11(8)19/h2-4H,13H2,1H3,(H4,14,15,16,17,18,19). The van der Waals surface area contributed by atoms with Gasteiger partial charge in [0.2, 0.25) is 5.95 Å². The van der Waals surface area contributed by atoms with Crippen LogP contribution < -0.4 is 17.0 Å². The van der Waals surface area contributed by atoms with Crippen LogP contribution in [-0.2, 0) is 0 Å². The molecule has 0 saturated heterocycles. The van der Waals surface area contributed by atoms with Crippen LogP contribution in [0.25, 0.3) is 22.6 Å². The molecule has 0 amide bonds. The third kappa shape index (κ3) is 1.71. The molecule has 7 heteroatoms. The minimum atomic E-state index is -0.353. The topological polar surface area (TPSA) is 126 Å². The molecule has 7 nitrogen and oxygen atoms in total. The first-order valence-corrected chi connectivity index (χ1v) is 5.67. The molecule has 0 aliphatic carbocycles. The summed E-state index contributed by atoms with van der Waals surface area (Å²) in [5.74, 6) is 0.544. The lowest BCUT2D eigenvalue weighted by molar-refractivity contribution is 1.17. The molecule has 0 fully saturated rings. The quantitative estimate of drug-likeness (QED) is 0.479. The number of aryl methyl sites for hydroxylation is 1. The van der Waals surface area contributed by atoms with Gasteiger partial charge in [-0.2, -0.15) is 4.98 Å². The number of hydrogen-bond acceptors (Lipinski definition) is 5. The van der Waals surface area contributed by atoms with Crippen molar-refractivity contribution in [3.63, 3.8) is 0 Å². The minimum absolute atomic E-state index is 0.0355. The first-order chi connectivity index (χ1) is 9.06. The number of nitrogen functional groups attached to an aromatic ring is 2. The molecule has 0 atom stereocenters. The number of aromatic nitrogens is 4. The lowest BCUT2D eigenvalue weighted by atomic mass is 10.1. The van der Waals surface area contributed by atoms with E-state index >= 15 is 0 Å². The summed E-state index contributed by atoms with van der Waals surface area (Å²) in [7, 11) is 0. The van der Waals surface area contributed by atoms with E-state index in [9.17, 15) is 4.79 Å². The van der Waals surface area contributed by atoms with Gasteiger partial charge < -0.3 is 16.5 Å². The van der Waals surface area contributed by atoms with Crippen LogP contribution in [-0.4, -0.2) is 19.9 Å². The van der Waals surface area contributed by atoms with E-state index in [2.05, 4.69) is 19.9 Å². The molecule has 0 aliphatic heterocycles. The summed E-state index contributed by atoms with van der Waals surface area (Å²) in [5.41, 5.74) is 14.0. The Kier molecular flexibility index (Phi) is 2.28. The van der Waals surface area contributed by atoms with Crippen LogP contribution in [0.1, 0.15) is 5.56 Å². The predicted molar refractivity (Wildman–Crippen MR) is 73.5 cm³/mol. The van der Waals surface area contributed by atoms with Gasteiger partial charge in [0.05, 0.1) is 0 Å². The number of nitrogens with two attached hydrogens (primary N) is 2. The minimum Gasteiger partial charge on any atom is -0.398 e. The predicted octanol–water partition coefficient (Wildman–Crippen LogP) is 0.786. The highest BCUT2D eigenvalue weighted by Crippen LogP contribution is 2.27. The Morgan fingerprint density at radius 2 is 1.95 bits per heavy atom. The van der Waals surface area contributed by atoms with E-state index < -0.39 is 0 Å². The number of benzene rings is 1. The van der Waals surface area contributed by atoms with Gasteiger partial charge in [-0.1, -0.05) is 12.1 Å².